The van der Waals surface area contributed by atoms with Crippen LogP contribution in [-0.4, -0.2) is 64.1 Å². The second-order valence-corrected chi connectivity index (χ2v) is 9.34. The van der Waals surface area contributed by atoms with Gasteiger partial charge in [0.2, 0.25) is 16.1 Å². The molecule has 2 aromatic carbocycles. The number of amides is 1. The molecule has 10 heteroatoms. The first-order chi connectivity index (χ1) is 15.7. The van der Waals surface area contributed by atoms with E-state index in [1.54, 1.807) is 51.1 Å². The lowest BCUT2D eigenvalue weighted by Crippen LogP contribution is -2.48. The number of methoxy groups -OCH3 is 1. The predicted octanol–water partition coefficient (Wildman–Crippen LogP) is 2.37. The molecule has 0 radical (unpaired) electrons. The van der Waals surface area contributed by atoms with Crippen LogP contribution >= 0.6 is 0 Å². The van der Waals surface area contributed by atoms with E-state index < -0.39 is 22.1 Å². The number of carbonyl (C=O) groups is 2. The third-order valence-electron chi connectivity index (χ3n) is 5.38. The Kier molecular flexibility index (Phi) is 7.60. The van der Waals surface area contributed by atoms with Crippen LogP contribution in [0.4, 0.5) is 5.69 Å². The lowest BCUT2D eigenvalue weighted by atomic mass is 10.2. The van der Waals surface area contributed by atoms with E-state index in [0.29, 0.717) is 35.8 Å². The number of rotatable bonds is 8. The fourth-order valence-corrected chi connectivity index (χ4v) is 5.14. The zero-order valence-electron chi connectivity index (χ0n) is 19.1. The summed E-state index contributed by atoms with van der Waals surface area (Å²) in [6, 6.07) is 11.4. The number of carbonyl (C=O) groups excluding carboxylic acids is 2. The quantitative estimate of drug-likeness (QED) is 0.539. The summed E-state index contributed by atoms with van der Waals surface area (Å²) in [5, 5.41) is 0. The fourth-order valence-electron chi connectivity index (χ4n) is 3.60. The van der Waals surface area contributed by atoms with Crippen LogP contribution in [0.1, 0.15) is 19.4 Å². The Morgan fingerprint density at radius 2 is 1.85 bits per heavy atom. The standard InChI is InChI=1S/C23H28N2O7S/c1-5-24(6-2)33(28,29)17-11-12-19(16(3)13-17)31-15-22(26)25-14-21(23(27)30-4)32-20-10-8-7-9-18(20)25/h7-13,21H,5-6,14-15H2,1-4H3/t21-/m1/s1. The number of esters is 1. The van der Waals surface area contributed by atoms with Crippen molar-refractivity contribution in [2.75, 3.05) is 38.3 Å². The van der Waals surface area contributed by atoms with E-state index in [1.807, 2.05) is 0 Å². The maximum absolute atomic E-state index is 13.0. The first kappa shape index (κ1) is 24.5. The van der Waals surface area contributed by atoms with Crippen molar-refractivity contribution in [2.45, 2.75) is 31.8 Å². The molecule has 3 rings (SSSR count). The minimum absolute atomic E-state index is 0.00802. The second kappa shape index (κ2) is 10.2. The Hall–Kier alpha value is -3.11. The molecule has 2 aromatic rings. The average Bonchev–Trinajstić information content (AvgIpc) is 2.82. The van der Waals surface area contributed by atoms with Crippen LogP contribution in [0.5, 0.6) is 11.5 Å². The number of ether oxygens (including phenoxy) is 3. The van der Waals surface area contributed by atoms with Crippen molar-refractivity contribution in [2.24, 2.45) is 0 Å². The Bertz CT molecular complexity index is 1130. The summed E-state index contributed by atoms with van der Waals surface area (Å²) in [6.07, 6.45) is -0.944. The van der Waals surface area contributed by atoms with Crippen LogP contribution in [-0.2, 0) is 24.3 Å². The van der Waals surface area contributed by atoms with Gasteiger partial charge in [-0.1, -0.05) is 26.0 Å². The molecular formula is C23H28N2O7S. The highest BCUT2D eigenvalue weighted by molar-refractivity contribution is 7.89. The van der Waals surface area contributed by atoms with Gasteiger partial charge >= 0.3 is 5.97 Å². The van der Waals surface area contributed by atoms with Crippen molar-refractivity contribution in [1.82, 2.24) is 4.31 Å². The highest BCUT2D eigenvalue weighted by atomic mass is 32.2. The zero-order chi connectivity index (χ0) is 24.2. The number of sulfonamides is 1. The van der Waals surface area contributed by atoms with Gasteiger partial charge in [-0.3, -0.25) is 4.79 Å². The van der Waals surface area contributed by atoms with Crippen LogP contribution in [0.25, 0.3) is 0 Å². The van der Waals surface area contributed by atoms with Crippen molar-refractivity contribution >= 4 is 27.6 Å². The summed E-state index contributed by atoms with van der Waals surface area (Å²) in [4.78, 5) is 26.6. The van der Waals surface area contributed by atoms with Crippen LogP contribution < -0.4 is 14.4 Å². The SMILES string of the molecule is CCN(CC)S(=O)(=O)c1ccc(OCC(=O)N2C[C@H](C(=O)OC)Oc3ccccc32)c(C)c1. The Morgan fingerprint density at radius 1 is 1.15 bits per heavy atom. The number of anilines is 1. The van der Waals surface area contributed by atoms with Crippen molar-refractivity contribution in [3.05, 3.63) is 48.0 Å². The molecule has 9 nitrogen and oxygen atoms in total. The third kappa shape index (κ3) is 5.12. The molecule has 33 heavy (non-hydrogen) atoms. The van der Waals surface area contributed by atoms with Crippen LogP contribution in [0.2, 0.25) is 0 Å². The van der Waals surface area contributed by atoms with Crippen molar-refractivity contribution < 1.29 is 32.2 Å². The molecule has 1 aliphatic heterocycles. The number of hydrogen-bond donors (Lipinski definition) is 0. The molecule has 0 saturated heterocycles. The van der Waals surface area contributed by atoms with Gasteiger partial charge in [0, 0.05) is 13.1 Å². The number of hydrogen-bond acceptors (Lipinski definition) is 7. The molecule has 1 aliphatic rings. The number of aryl methyl sites for hydroxylation is 1. The van der Waals surface area contributed by atoms with Crippen molar-refractivity contribution in [3.8, 4) is 11.5 Å². The summed E-state index contributed by atoms with van der Waals surface area (Å²) in [5.41, 5.74) is 1.12. The smallest absolute Gasteiger partial charge is 0.348 e. The zero-order valence-corrected chi connectivity index (χ0v) is 19.9. The first-order valence-electron chi connectivity index (χ1n) is 10.6. The Morgan fingerprint density at radius 3 is 2.48 bits per heavy atom. The summed E-state index contributed by atoms with van der Waals surface area (Å²) >= 11 is 0. The topological polar surface area (TPSA) is 102 Å². The lowest BCUT2D eigenvalue weighted by molar-refractivity contribution is -0.148. The Balaban J connectivity index is 1.76. The van der Waals surface area contributed by atoms with Crippen molar-refractivity contribution in [1.29, 1.82) is 0 Å². The molecule has 1 atom stereocenters. The first-order valence-corrected chi connectivity index (χ1v) is 12.0. The highest BCUT2D eigenvalue weighted by Gasteiger charge is 2.34. The van der Waals surface area contributed by atoms with Gasteiger partial charge in [-0.05, 0) is 42.8 Å². The molecule has 0 saturated carbocycles. The van der Waals surface area contributed by atoms with E-state index in [-0.39, 0.29) is 24.0 Å². The minimum atomic E-state index is -3.59. The predicted molar refractivity (Wildman–Crippen MR) is 122 cm³/mol. The molecular weight excluding hydrogens is 448 g/mol. The third-order valence-corrected chi connectivity index (χ3v) is 7.43. The molecule has 0 aliphatic carbocycles. The maximum Gasteiger partial charge on any atom is 0.348 e. The number of nitrogens with zero attached hydrogens (tertiary/aromatic N) is 2. The summed E-state index contributed by atoms with van der Waals surface area (Å²) in [5.74, 6) is -0.162. The van der Waals surface area contributed by atoms with E-state index >= 15 is 0 Å². The monoisotopic (exact) mass is 476 g/mol. The maximum atomic E-state index is 13.0. The second-order valence-electron chi connectivity index (χ2n) is 7.41. The van der Waals surface area contributed by atoms with Crippen LogP contribution in [0.3, 0.4) is 0 Å². The number of fused-ring (bicyclic) bond motifs is 1. The molecule has 178 valence electrons. The molecule has 0 unspecified atom stereocenters. The number of para-hydroxylation sites is 2. The van der Waals surface area contributed by atoms with Crippen molar-refractivity contribution in [3.63, 3.8) is 0 Å². The van der Waals surface area contributed by atoms with Gasteiger partial charge in [0.15, 0.2) is 6.61 Å². The van der Waals surface area contributed by atoms with Gasteiger partial charge in [-0.2, -0.15) is 4.31 Å². The molecule has 1 heterocycles. The van der Waals surface area contributed by atoms with Gasteiger partial charge in [-0.15, -0.1) is 0 Å². The normalized spacial score (nSPS) is 15.5. The van der Waals surface area contributed by atoms with Gasteiger partial charge in [0.25, 0.3) is 5.91 Å². The van der Waals surface area contributed by atoms with Crippen LogP contribution in [0, 0.1) is 6.92 Å². The van der Waals surface area contributed by atoms with Gasteiger partial charge in [-0.25, -0.2) is 13.2 Å². The molecule has 0 spiro atoms. The molecule has 0 aromatic heterocycles. The lowest BCUT2D eigenvalue weighted by Gasteiger charge is -2.33. The Labute approximate surface area is 193 Å². The molecule has 0 bridgehead atoms. The highest BCUT2D eigenvalue weighted by Crippen LogP contribution is 2.33. The number of benzene rings is 2. The van der Waals surface area contributed by atoms with Gasteiger partial charge in [0.1, 0.15) is 11.5 Å². The van der Waals surface area contributed by atoms with E-state index in [1.165, 1.54) is 28.4 Å². The summed E-state index contributed by atoms with van der Waals surface area (Å²) in [6.45, 7) is 5.73. The van der Waals surface area contributed by atoms with E-state index in [9.17, 15) is 18.0 Å². The van der Waals surface area contributed by atoms with E-state index in [0.717, 1.165) is 0 Å². The molecule has 0 N–H and O–H groups in total. The van der Waals surface area contributed by atoms with Gasteiger partial charge < -0.3 is 19.1 Å². The minimum Gasteiger partial charge on any atom is -0.483 e. The average molecular weight is 477 g/mol. The summed E-state index contributed by atoms with van der Waals surface area (Å²) in [7, 11) is -2.34. The molecule has 1 amide bonds. The van der Waals surface area contributed by atoms with Gasteiger partial charge in [0.05, 0.1) is 24.2 Å². The fraction of sp³-hybridized carbons (Fsp3) is 0.391. The van der Waals surface area contributed by atoms with E-state index in [2.05, 4.69) is 0 Å². The molecule has 0 fully saturated rings. The largest absolute Gasteiger partial charge is 0.483 e. The van der Waals surface area contributed by atoms with Crippen LogP contribution in [0.15, 0.2) is 47.4 Å². The van der Waals surface area contributed by atoms with E-state index in [4.69, 9.17) is 14.2 Å². The summed E-state index contributed by atoms with van der Waals surface area (Å²) < 4.78 is 43.0.